The van der Waals surface area contributed by atoms with E-state index in [9.17, 15) is 4.79 Å². The van der Waals surface area contributed by atoms with Crippen LogP contribution in [-0.4, -0.2) is 28.8 Å². The van der Waals surface area contributed by atoms with E-state index in [1.54, 1.807) is 0 Å². The van der Waals surface area contributed by atoms with Crippen molar-refractivity contribution in [3.8, 4) is 0 Å². The molecule has 114 valence electrons. The first-order valence-electron chi connectivity index (χ1n) is 7.76. The van der Waals surface area contributed by atoms with Gasteiger partial charge in [0.05, 0.1) is 6.10 Å². The van der Waals surface area contributed by atoms with Crippen molar-refractivity contribution in [1.82, 2.24) is 0 Å². The fourth-order valence-corrected chi connectivity index (χ4v) is 2.21. The lowest BCUT2D eigenvalue weighted by Crippen LogP contribution is -2.02. The van der Waals surface area contributed by atoms with Gasteiger partial charge in [-0.3, -0.25) is 4.79 Å². The summed E-state index contributed by atoms with van der Waals surface area (Å²) in [5.74, 6) is -0.691. The molecule has 1 rings (SSSR count). The number of nitrogens with two attached hydrogens (primary N) is 1. The third-order valence-corrected chi connectivity index (χ3v) is 3.42. The Morgan fingerprint density at radius 1 is 0.947 bits per heavy atom. The number of carboxylic acid groups (broad SMARTS) is 1. The summed E-state index contributed by atoms with van der Waals surface area (Å²) in [4.78, 5) is 10.1. The number of aliphatic hydroxyl groups is 1. The molecule has 0 aromatic rings. The molecule has 0 unspecified atom stereocenters. The summed E-state index contributed by atoms with van der Waals surface area (Å²) in [7, 11) is 0. The topological polar surface area (TPSA) is 83.6 Å². The van der Waals surface area contributed by atoms with Crippen LogP contribution in [0.5, 0.6) is 0 Å². The van der Waals surface area contributed by atoms with Crippen LogP contribution in [-0.2, 0) is 4.79 Å². The first-order valence-corrected chi connectivity index (χ1v) is 7.76. The van der Waals surface area contributed by atoms with E-state index in [0.29, 0.717) is 6.42 Å². The van der Waals surface area contributed by atoms with Gasteiger partial charge >= 0.3 is 5.97 Å². The van der Waals surface area contributed by atoms with Crippen molar-refractivity contribution in [3.63, 3.8) is 0 Å². The van der Waals surface area contributed by atoms with E-state index in [0.717, 1.165) is 51.5 Å². The number of hydrogen-bond donors (Lipinski definition) is 3. The van der Waals surface area contributed by atoms with Crippen LogP contribution in [0.15, 0.2) is 0 Å². The van der Waals surface area contributed by atoms with Crippen LogP contribution in [0, 0.1) is 0 Å². The van der Waals surface area contributed by atoms with E-state index in [4.69, 9.17) is 15.9 Å². The molecule has 0 aromatic heterocycles. The van der Waals surface area contributed by atoms with Gasteiger partial charge in [-0.1, -0.05) is 44.9 Å². The van der Waals surface area contributed by atoms with Crippen molar-refractivity contribution in [2.24, 2.45) is 5.73 Å². The molecule has 0 aromatic carbocycles. The zero-order chi connectivity index (χ0) is 14.3. The smallest absolute Gasteiger partial charge is 0.303 e. The summed E-state index contributed by atoms with van der Waals surface area (Å²) in [6.45, 7) is 0.749. The first-order chi connectivity index (χ1) is 9.16. The van der Waals surface area contributed by atoms with Gasteiger partial charge in [-0.25, -0.2) is 0 Å². The zero-order valence-corrected chi connectivity index (χ0v) is 12.1. The molecule has 19 heavy (non-hydrogen) atoms. The predicted octanol–water partition coefficient (Wildman–Crippen LogP) is 3.07. The Morgan fingerprint density at radius 2 is 1.47 bits per heavy atom. The highest BCUT2D eigenvalue weighted by atomic mass is 16.4. The number of hydrogen-bond acceptors (Lipinski definition) is 3. The summed E-state index contributed by atoms with van der Waals surface area (Å²) in [5.41, 5.74) is 5.30. The first kappa shape index (κ1) is 18.4. The lowest BCUT2D eigenvalue weighted by Gasteiger charge is -2.02. The average Bonchev–Trinajstić information content (AvgIpc) is 2.62. The molecule has 1 aliphatic rings. The molecule has 4 heteroatoms. The molecule has 0 atom stereocenters. The average molecular weight is 273 g/mol. The Hall–Kier alpha value is -0.610. The summed E-state index contributed by atoms with van der Waals surface area (Å²) in [6, 6.07) is 0. The van der Waals surface area contributed by atoms with Crippen LogP contribution >= 0.6 is 0 Å². The molecule has 4 N–H and O–H groups in total. The van der Waals surface area contributed by atoms with Crippen LogP contribution in [0.2, 0.25) is 0 Å². The standard InChI is InChI=1S/C8H17NO2.C7H14O/c9-7-5-3-1-2-4-6-8(10)11;8-7-5-3-1-2-4-6-7/h1-7,9H2,(H,10,11);7-8H,1-6H2. The van der Waals surface area contributed by atoms with Gasteiger partial charge in [0, 0.05) is 6.42 Å². The van der Waals surface area contributed by atoms with E-state index in [1.165, 1.54) is 25.7 Å². The fraction of sp³-hybridized carbons (Fsp3) is 0.933. The van der Waals surface area contributed by atoms with Gasteiger partial charge in [0.1, 0.15) is 0 Å². The van der Waals surface area contributed by atoms with Crippen molar-refractivity contribution in [3.05, 3.63) is 0 Å². The van der Waals surface area contributed by atoms with Gasteiger partial charge in [0.25, 0.3) is 0 Å². The number of carbonyl (C=O) groups is 1. The SMILES string of the molecule is NCCCCCCCC(=O)O.OC1CCCCCC1. The summed E-state index contributed by atoms with van der Waals surface area (Å²) >= 11 is 0. The Balaban J connectivity index is 0.000000356. The number of aliphatic hydroxyl groups excluding tert-OH is 1. The summed E-state index contributed by atoms with van der Waals surface area (Å²) < 4.78 is 0. The highest BCUT2D eigenvalue weighted by Crippen LogP contribution is 2.16. The van der Waals surface area contributed by atoms with Crippen molar-refractivity contribution < 1.29 is 15.0 Å². The molecular weight excluding hydrogens is 242 g/mol. The van der Waals surface area contributed by atoms with Crippen LogP contribution < -0.4 is 5.73 Å². The van der Waals surface area contributed by atoms with E-state index >= 15 is 0 Å². The molecule has 0 amide bonds. The highest BCUT2D eigenvalue weighted by Gasteiger charge is 2.06. The van der Waals surface area contributed by atoms with Crippen LogP contribution in [0.4, 0.5) is 0 Å². The Morgan fingerprint density at radius 3 is 2.00 bits per heavy atom. The van der Waals surface area contributed by atoms with E-state index in [2.05, 4.69) is 0 Å². The Kier molecular flexibility index (Phi) is 13.4. The van der Waals surface area contributed by atoms with Crippen LogP contribution in [0.25, 0.3) is 0 Å². The lowest BCUT2D eigenvalue weighted by atomic mass is 10.1. The van der Waals surface area contributed by atoms with Gasteiger partial charge in [-0.2, -0.15) is 0 Å². The minimum atomic E-state index is -0.691. The van der Waals surface area contributed by atoms with Crippen molar-refractivity contribution in [2.75, 3.05) is 6.54 Å². The molecule has 1 fully saturated rings. The number of carboxylic acids is 1. The second-order valence-corrected chi connectivity index (χ2v) is 5.35. The second kappa shape index (κ2) is 13.8. The van der Waals surface area contributed by atoms with Crippen LogP contribution in [0.1, 0.15) is 77.0 Å². The molecule has 0 bridgehead atoms. The largest absolute Gasteiger partial charge is 0.481 e. The molecule has 1 saturated carbocycles. The molecule has 0 heterocycles. The van der Waals surface area contributed by atoms with E-state index in [-0.39, 0.29) is 6.10 Å². The van der Waals surface area contributed by atoms with Gasteiger partial charge < -0.3 is 15.9 Å². The van der Waals surface area contributed by atoms with Gasteiger partial charge in [-0.05, 0) is 32.2 Å². The normalized spacial score (nSPS) is 16.3. The highest BCUT2D eigenvalue weighted by molar-refractivity contribution is 5.66. The Bertz CT molecular complexity index is 202. The quantitative estimate of drug-likeness (QED) is 0.491. The maximum Gasteiger partial charge on any atom is 0.303 e. The van der Waals surface area contributed by atoms with Crippen molar-refractivity contribution >= 4 is 5.97 Å². The molecule has 4 nitrogen and oxygen atoms in total. The zero-order valence-electron chi connectivity index (χ0n) is 12.1. The number of unbranched alkanes of at least 4 members (excludes halogenated alkanes) is 4. The molecule has 0 saturated heterocycles. The van der Waals surface area contributed by atoms with E-state index in [1.807, 2.05) is 0 Å². The van der Waals surface area contributed by atoms with Gasteiger partial charge in [0.2, 0.25) is 0 Å². The number of rotatable bonds is 7. The molecule has 0 radical (unpaired) electrons. The van der Waals surface area contributed by atoms with Crippen LogP contribution in [0.3, 0.4) is 0 Å². The molecule has 0 spiro atoms. The fourth-order valence-electron chi connectivity index (χ4n) is 2.21. The second-order valence-electron chi connectivity index (χ2n) is 5.35. The summed E-state index contributed by atoms with van der Waals surface area (Å²) in [5, 5.41) is 17.4. The minimum Gasteiger partial charge on any atom is -0.481 e. The third kappa shape index (κ3) is 15.3. The summed E-state index contributed by atoms with van der Waals surface area (Å²) in [6.07, 6.45) is 12.7. The maximum atomic E-state index is 10.1. The number of aliphatic carboxylic acids is 1. The lowest BCUT2D eigenvalue weighted by molar-refractivity contribution is -0.137. The van der Waals surface area contributed by atoms with E-state index < -0.39 is 5.97 Å². The Labute approximate surface area is 117 Å². The van der Waals surface area contributed by atoms with Crippen molar-refractivity contribution in [2.45, 2.75) is 83.2 Å². The van der Waals surface area contributed by atoms with Crippen molar-refractivity contribution in [1.29, 1.82) is 0 Å². The van der Waals surface area contributed by atoms with Gasteiger partial charge in [-0.15, -0.1) is 0 Å². The maximum absolute atomic E-state index is 10.1. The molecular formula is C15H31NO3. The molecule has 0 aliphatic heterocycles. The predicted molar refractivity (Wildman–Crippen MR) is 78.1 cm³/mol. The van der Waals surface area contributed by atoms with Gasteiger partial charge in [0.15, 0.2) is 0 Å². The monoisotopic (exact) mass is 273 g/mol. The molecule has 1 aliphatic carbocycles. The minimum absolute atomic E-state index is 0.0255. The third-order valence-electron chi connectivity index (χ3n) is 3.42.